The Morgan fingerprint density at radius 3 is 2.83 bits per heavy atom. The van der Waals surface area contributed by atoms with E-state index in [1.165, 1.54) is 25.3 Å². The van der Waals surface area contributed by atoms with Gasteiger partial charge in [0.2, 0.25) is 0 Å². The Morgan fingerprint density at radius 2 is 2.17 bits per heavy atom. The molecule has 0 saturated heterocycles. The smallest absolute Gasteiger partial charge is 0.341 e. The summed E-state index contributed by atoms with van der Waals surface area (Å²) >= 11 is 0. The highest BCUT2D eigenvalue weighted by atomic mass is 19.1. The van der Waals surface area contributed by atoms with Gasteiger partial charge in [-0.25, -0.2) is 9.18 Å². The predicted molar refractivity (Wildman–Crippen MR) is 66.4 cm³/mol. The van der Waals surface area contributed by atoms with Crippen LogP contribution in [0.5, 0.6) is 5.75 Å². The average Bonchev–Trinajstić information content (AvgIpc) is 2.38. The molecular weight excluding hydrogens is 237 g/mol. The molecule has 0 atom stereocenters. The maximum Gasteiger partial charge on any atom is 0.341 e. The minimum atomic E-state index is -0.528. The van der Waals surface area contributed by atoms with Gasteiger partial charge in [0, 0.05) is 6.07 Å². The monoisotopic (exact) mass is 255 g/mol. The van der Waals surface area contributed by atoms with E-state index >= 15 is 0 Å². The van der Waals surface area contributed by atoms with Crippen molar-refractivity contribution in [2.75, 3.05) is 27.3 Å². The van der Waals surface area contributed by atoms with Gasteiger partial charge in [0.05, 0.1) is 13.7 Å². The number of carbonyl (C=O) groups is 1. The second-order valence-corrected chi connectivity index (χ2v) is 3.79. The summed E-state index contributed by atoms with van der Waals surface area (Å²) < 4.78 is 23.1. The van der Waals surface area contributed by atoms with E-state index in [4.69, 9.17) is 4.74 Å². The molecule has 4 nitrogen and oxygen atoms in total. The lowest BCUT2D eigenvalue weighted by Gasteiger charge is -2.10. The zero-order valence-corrected chi connectivity index (χ0v) is 10.7. The van der Waals surface area contributed by atoms with Crippen LogP contribution in [-0.2, 0) is 4.74 Å². The lowest BCUT2D eigenvalue weighted by atomic mass is 10.2. The SMILES string of the molecule is CNCCCCOc1cc(F)ccc1C(=O)OC. The number of benzene rings is 1. The van der Waals surface area contributed by atoms with Crippen molar-refractivity contribution in [2.24, 2.45) is 0 Å². The highest BCUT2D eigenvalue weighted by Crippen LogP contribution is 2.21. The van der Waals surface area contributed by atoms with Crippen LogP contribution in [0.3, 0.4) is 0 Å². The first-order valence-electron chi connectivity index (χ1n) is 5.84. The molecule has 0 radical (unpaired) electrons. The molecule has 0 aliphatic heterocycles. The van der Waals surface area contributed by atoms with E-state index in [0.29, 0.717) is 6.61 Å². The van der Waals surface area contributed by atoms with Crippen LogP contribution in [0.1, 0.15) is 23.2 Å². The van der Waals surface area contributed by atoms with Crippen LogP contribution < -0.4 is 10.1 Å². The number of ether oxygens (including phenoxy) is 2. The standard InChI is InChI=1S/C13H18FNO3/c1-15-7-3-4-8-18-12-9-10(14)5-6-11(12)13(16)17-2/h5-6,9,15H,3-4,7-8H2,1-2H3. The first-order chi connectivity index (χ1) is 8.69. The number of rotatable bonds is 7. The summed E-state index contributed by atoms with van der Waals surface area (Å²) in [5.74, 6) is -0.737. The van der Waals surface area contributed by atoms with Gasteiger partial charge in [-0.1, -0.05) is 0 Å². The summed E-state index contributed by atoms with van der Waals surface area (Å²) in [4.78, 5) is 11.4. The molecule has 0 saturated carbocycles. The van der Waals surface area contributed by atoms with Crippen molar-refractivity contribution in [2.45, 2.75) is 12.8 Å². The molecule has 100 valence electrons. The highest BCUT2D eigenvalue weighted by Gasteiger charge is 2.13. The molecular formula is C13H18FNO3. The van der Waals surface area contributed by atoms with Crippen molar-refractivity contribution < 1.29 is 18.7 Å². The normalized spacial score (nSPS) is 10.2. The molecule has 0 aromatic heterocycles. The molecule has 1 aromatic carbocycles. The van der Waals surface area contributed by atoms with E-state index in [2.05, 4.69) is 10.1 Å². The molecule has 0 amide bonds. The van der Waals surface area contributed by atoms with Crippen molar-refractivity contribution in [3.05, 3.63) is 29.6 Å². The van der Waals surface area contributed by atoms with E-state index in [1.807, 2.05) is 7.05 Å². The fourth-order valence-corrected chi connectivity index (χ4v) is 1.48. The molecule has 0 spiro atoms. The number of esters is 1. The first-order valence-corrected chi connectivity index (χ1v) is 5.84. The van der Waals surface area contributed by atoms with E-state index in [-0.39, 0.29) is 11.3 Å². The maximum absolute atomic E-state index is 13.1. The van der Waals surface area contributed by atoms with Crippen molar-refractivity contribution in [3.8, 4) is 5.75 Å². The lowest BCUT2D eigenvalue weighted by Crippen LogP contribution is -2.10. The van der Waals surface area contributed by atoms with Crippen LogP contribution in [0.15, 0.2) is 18.2 Å². The van der Waals surface area contributed by atoms with Gasteiger partial charge >= 0.3 is 5.97 Å². The summed E-state index contributed by atoms with van der Waals surface area (Å²) in [5, 5.41) is 3.02. The summed E-state index contributed by atoms with van der Waals surface area (Å²) in [5.41, 5.74) is 0.243. The maximum atomic E-state index is 13.1. The van der Waals surface area contributed by atoms with Gasteiger partial charge in [0.15, 0.2) is 0 Å². The van der Waals surface area contributed by atoms with Gasteiger partial charge in [-0.2, -0.15) is 0 Å². The third kappa shape index (κ3) is 4.33. The lowest BCUT2D eigenvalue weighted by molar-refractivity contribution is 0.0596. The molecule has 1 rings (SSSR count). The minimum Gasteiger partial charge on any atom is -0.493 e. The van der Waals surface area contributed by atoms with Crippen LogP contribution in [0.4, 0.5) is 4.39 Å². The largest absolute Gasteiger partial charge is 0.493 e. The Kier molecular flexibility index (Phi) is 6.14. The van der Waals surface area contributed by atoms with Crippen molar-refractivity contribution in [1.82, 2.24) is 5.32 Å². The summed E-state index contributed by atoms with van der Waals surface area (Å²) in [6.07, 6.45) is 1.79. The molecule has 0 aliphatic rings. The van der Waals surface area contributed by atoms with Crippen molar-refractivity contribution in [1.29, 1.82) is 0 Å². The predicted octanol–water partition coefficient (Wildman–Crippen LogP) is 1.99. The zero-order valence-electron chi connectivity index (χ0n) is 10.7. The van der Waals surface area contributed by atoms with Gasteiger partial charge in [0.1, 0.15) is 17.1 Å². The van der Waals surface area contributed by atoms with Gasteiger partial charge in [-0.3, -0.25) is 0 Å². The number of hydrogen-bond acceptors (Lipinski definition) is 4. The summed E-state index contributed by atoms with van der Waals surface area (Å²) in [6.45, 7) is 1.34. The van der Waals surface area contributed by atoms with Gasteiger partial charge < -0.3 is 14.8 Å². The first kappa shape index (κ1) is 14.4. The van der Waals surface area contributed by atoms with E-state index in [1.54, 1.807) is 0 Å². The fraction of sp³-hybridized carbons (Fsp3) is 0.462. The van der Waals surface area contributed by atoms with Crippen LogP contribution in [-0.4, -0.2) is 33.3 Å². The second kappa shape index (κ2) is 7.66. The van der Waals surface area contributed by atoms with Crippen LogP contribution in [0, 0.1) is 5.82 Å². The Bertz CT molecular complexity index is 396. The van der Waals surface area contributed by atoms with Gasteiger partial charge in [-0.05, 0) is 38.6 Å². The van der Waals surface area contributed by atoms with E-state index in [9.17, 15) is 9.18 Å². The second-order valence-electron chi connectivity index (χ2n) is 3.79. The van der Waals surface area contributed by atoms with Crippen LogP contribution >= 0.6 is 0 Å². The number of methoxy groups -OCH3 is 1. The number of halogens is 1. The molecule has 0 fully saturated rings. The number of carbonyl (C=O) groups excluding carboxylic acids is 1. The molecule has 0 bridgehead atoms. The van der Waals surface area contributed by atoms with Crippen LogP contribution in [0.25, 0.3) is 0 Å². The quantitative estimate of drug-likeness (QED) is 0.598. The number of unbranched alkanes of at least 4 members (excludes halogenated alkanes) is 1. The summed E-state index contributed by atoms with van der Waals surface area (Å²) in [7, 11) is 3.16. The third-order valence-electron chi connectivity index (χ3n) is 2.43. The molecule has 1 N–H and O–H groups in total. The third-order valence-corrected chi connectivity index (χ3v) is 2.43. The average molecular weight is 255 g/mol. The van der Waals surface area contributed by atoms with Gasteiger partial charge in [-0.15, -0.1) is 0 Å². The molecule has 1 aromatic rings. The topological polar surface area (TPSA) is 47.6 Å². The molecule has 0 aliphatic carbocycles. The highest BCUT2D eigenvalue weighted by molar-refractivity contribution is 5.92. The minimum absolute atomic E-state index is 0.228. The van der Waals surface area contributed by atoms with E-state index < -0.39 is 11.8 Å². The zero-order chi connectivity index (χ0) is 13.4. The molecule has 0 heterocycles. The number of nitrogens with one attached hydrogen (secondary N) is 1. The molecule has 5 heteroatoms. The Labute approximate surface area is 106 Å². The van der Waals surface area contributed by atoms with Crippen molar-refractivity contribution in [3.63, 3.8) is 0 Å². The molecule has 0 unspecified atom stereocenters. The van der Waals surface area contributed by atoms with Crippen LogP contribution in [0.2, 0.25) is 0 Å². The van der Waals surface area contributed by atoms with Crippen molar-refractivity contribution >= 4 is 5.97 Å². The fourth-order valence-electron chi connectivity index (χ4n) is 1.48. The Morgan fingerprint density at radius 1 is 1.39 bits per heavy atom. The molecule has 18 heavy (non-hydrogen) atoms. The van der Waals surface area contributed by atoms with E-state index in [0.717, 1.165) is 19.4 Å². The van der Waals surface area contributed by atoms with Gasteiger partial charge in [0.25, 0.3) is 0 Å². The summed E-state index contributed by atoms with van der Waals surface area (Å²) in [6, 6.07) is 3.77. The Hall–Kier alpha value is -1.62. The Balaban J connectivity index is 2.62. The number of hydrogen-bond donors (Lipinski definition) is 1.